The van der Waals surface area contributed by atoms with E-state index >= 15 is 4.39 Å². The van der Waals surface area contributed by atoms with Crippen molar-refractivity contribution in [2.45, 2.75) is 32.9 Å². The van der Waals surface area contributed by atoms with E-state index in [1.807, 2.05) is 6.07 Å². The highest BCUT2D eigenvalue weighted by Gasteiger charge is 2.23. The van der Waals surface area contributed by atoms with Gasteiger partial charge in [-0.2, -0.15) is 5.10 Å². The summed E-state index contributed by atoms with van der Waals surface area (Å²) in [5.41, 5.74) is 1.76. The number of hydrogen-bond donors (Lipinski definition) is 2. The van der Waals surface area contributed by atoms with E-state index in [1.54, 1.807) is 13.1 Å². The lowest BCUT2D eigenvalue weighted by atomic mass is 10.1. The fraction of sp³-hybridized carbons (Fsp3) is 0.333. The molecule has 160 valence electrons. The van der Waals surface area contributed by atoms with Gasteiger partial charge in [0.2, 0.25) is 0 Å². The zero-order valence-corrected chi connectivity index (χ0v) is 17.4. The van der Waals surface area contributed by atoms with Crippen LogP contribution in [0, 0.1) is 18.6 Å². The van der Waals surface area contributed by atoms with E-state index in [2.05, 4.69) is 49.4 Å². The largest absolute Gasteiger partial charge is 0.368 e. The second kappa shape index (κ2) is 7.38. The molecule has 1 aliphatic heterocycles. The van der Waals surface area contributed by atoms with Crippen LogP contribution in [0.5, 0.6) is 0 Å². The van der Waals surface area contributed by atoms with Crippen LogP contribution in [0.25, 0.3) is 16.6 Å². The molecule has 0 amide bonds. The Kier molecular flexibility index (Phi) is 4.66. The summed E-state index contributed by atoms with van der Waals surface area (Å²) in [5, 5.41) is 10.9. The Bertz CT molecular complexity index is 1280. The number of aromatic nitrogens is 5. The van der Waals surface area contributed by atoms with Crippen LogP contribution in [-0.4, -0.2) is 49.7 Å². The zero-order chi connectivity index (χ0) is 21.7. The minimum atomic E-state index is -0.534. The van der Waals surface area contributed by atoms with Crippen molar-refractivity contribution in [1.82, 2.24) is 29.9 Å². The number of fused-ring (bicyclic) bond motifs is 2. The van der Waals surface area contributed by atoms with E-state index in [0.29, 0.717) is 29.1 Å². The number of benzene rings is 1. The average molecular weight is 424 g/mol. The smallest absolute Gasteiger partial charge is 0.191 e. The van der Waals surface area contributed by atoms with Gasteiger partial charge < -0.3 is 15.5 Å². The second-order valence-electron chi connectivity index (χ2n) is 8.05. The number of nitrogens with one attached hydrogen (secondary N) is 2. The maximum atomic E-state index is 15.2. The quantitative estimate of drug-likeness (QED) is 0.523. The molecular formula is C21H22F2N8. The number of pyridine rings is 1. The number of anilines is 3. The van der Waals surface area contributed by atoms with Crippen molar-refractivity contribution >= 4 is 33.7 Å². The zero-order valence-electron chi connectivity index (χ0n) is 17.4. The van der Waals surface area contributed by atoms with Crippen LogP contribution in [-0.2, 0) is 0 Å². The summed E-state index contributed by atoms with van der Waals surface area (Å²) in [5.74, 6) is -0.258. The molecule has 2 atom stereocenters. The first-order chi connectivity index (χ1) is 14.9. The lowest BCUT2D eigenvalue weighted by molar-refractivity contribution is 0.407. The van der Waals surface area contributed by atoms with Gasteiger partial charge in [-0.25, -0.2) is 28.2 Å². The highest BCUT2D eigenvalue weighted by atomic mass is 19.1. The highest BCUT2D eigenvalue weighted by Crippen LogP contribution is 2.31. The van der Waals surface area contributed by atoms with Crippen LogP contribution in [0.2, 0.25) is 0 Å². The van der Waals surface area contributed by atoms with Gasteiger partial charge in [-0.05, 0) is 32.9 Å². The summed E-state index contributed by atoms with van der Waals surface area (Å²) in [6.07, 6.45) is 2.95. The molecule has 31 heavy (non-hydrogen) atoms. The Labute approximate surface area is 177 Å². The molecule has 1 aromatic carbocycles. The molecule has 0 aliphatic carbocycles. The van der Waals surface area contributed by atoms with Gasteiger partial charge in [-0.15, -0.1) is 0 Å². The minimum Gasteiger partial charge on any atom is -0.368 e. The average Bonchev–Trinajstić information content (AvgIpc) is 3.08. The van der Waals surface area contributed by atoms with Crippen LogP contribution in [0.3, 0.4) is 0 Å². The Morgan fingerprint density at radius 1 is 1.06 bits per heavy atom. The SMILES string of the molecule is Cc1nc2c(F)cc(Nc3ncnc4cc(N5CC(C)NC(C)C5)cc(F)c34)cn2n1. The lowest BCUT2D eigenvalue weighted by Crippen LogP contribution is -2.54. The van der Waals surface area contributed by atoms with Gasteiger partial charge >= 0.3 is 0 Å². The van der Waals surface area contributed by atoms with Gasteiger partial charge in [0.25, 0.3) is 0 Å². The predicted molar refractivity (Wildman–Crippen MR) is 115 cm³/mol. The van der Waals surface area contributed by atoms with Crippen molar-refractivity contribution in [2.24, 2.45) is 0 Å². The molecule has 2 unspecified atom stereocenters. The molecule has 0 bridgehead atoms. The molecule has 8 nitrogen and oxygen atoms in total. The third-order valence-corrected chi connectivity index (χ3v) is 5.35. The summed E-state index contributed by atoms with van der Waals surface area (Å²) in [6.45, 7) is 7.46. The molecular weight excluding hydrogens is 402 g/mol. The monoisotopic (exact) mass is 424 g/mol. The van der Waals surface area contributed by atoms with Crippen LogP contribution in [0.15, 0.2) is 30.7 Å². The topological polar surface area (TPSA) is 83.3 Å². The first kappa shape index (κ1) is 19.6. The van der Waals surface area contributed by atoms with Crippen molar-refractivity contribution in [2.75, 3.05) is 23.3 Å². The number of rotatable bonds is 3. The van der Waals surface area contributed by atoms with Crippen LogP contribution in [0.4, 0.5) is 26.0 Å². The van der Waals surface area contributed by atoms with Crippen LogP contribution < -0.4 is 15.5 Å². The molecule has 0 saturated carbocycles. The Hall–Kier alpha value is -3.40. The van der Waals surface area contributed by atoms with Crippen molar-refractivity contribution in [3.05, 3.63) is 48.2 Å². The highest BCUT2D eigenvalue weighted by molar-refractivity contribution is 5.93. The number of halogens is 2. The maximum Gasteiger partial charge on any atom is 0.191 e. The molecule has 3 aromatic heterocycles. The number of hydrogen-bond acceptors (Lipinski definition) is 7. The lowest BCUT2D eigenvalue weighted by Gasteiger charge is -2.37. The third-order valence-electron chi connectivity index (χ3n) is 5.35. The Morgan fingerprint density at radius 3 is 2.61 bits per heavy atom. The molecule has 10 heteroatoms. The summed E-state index contributed by atoms with van der Waals surface area (Å²) in [6, 6.07) is 5.26. The molecule has 1 fully saturated rings. The Morgan fingerprint density at radius 2 is 1.84 bits per heavy atom. The van der Waals surface area contributed by atoms with Gasteiger partial charge in [-0.1, -0.05) is 0 Å². The number of nitrogens with zero attached hydrogens (tertiary/aromatic N) is 6. The van der Waals surface area contributed by atoms with Gasteiger partial charge in [0.15, 0.2) is 11.5 Å². The van der Waals surface area contributed by atoms with Crippen LogP contribution in [0.1, 0.15) is 19.7 Å². The predicted octanol–water partition coefficient (Wildman–Crippen LogP) is 3.19. The molecule has 4 aromatic rings. The van der Waals surface area contributed by atoms with E-state index in [1.165, 1.54) is 23.0 Å². The molecule has 0 spiro atoms. The summed E-state index contributed by atoms with van der Waals surface area (Å²) in [7, 11) is 0. The van der Waals surface area contributed by atoms with Crippen molar-refractivity contribution in [3.63, 3.8) is 0 Å². The van der Waals surface area contributed by atoms with E-state index in [0.717, 1.165) is 18.8 Å². The summed E-state index contributed by atoms with van der Waals surface area (Å²) < 4.78 is 31.0. The molecule has 1 saturated heterocycles. The van der Waals surface area contributed by atoms with Gasteiger partial charge in [-0.3, -0.25) is 0 Å². The van der Waals surface area contributed by atoms with Crippen molar-refractivity contribution in [3.8, 4) is 0 Å². The molecule has 0 radical (unpaired) electrons. The summed E-state index contributed by atoms with van der Waals surface area (Å²) >= 11 is 0. The molecule has 2 N–H and O–H groups in total. The molecule has 1 aliphatic rings. The number of aryl methyl sites for hydroxylation is 1. The fourth-order valence-electron chi connectivity index (χ4n) is 4.20. The van der Waals surface area contributed by atoms with Gasteiger partial charge in [0.05, 0.1) is 22.8 Å². The number of piperazine rings is 1. The first-order valence-corrected chi connectivity index (χ1v) is 10.1. The maximum absolute atomic E-state index is 15.2. The minimum absolute atomic E-state index is 0.130. The summed E-state index contributed by atoms with van der Waals surface area (Å²) in [4.78, 5) is 14.7. The van der Waals surface area contributed by atoms with Crippen LogP contribution >= 0.6 is 0 Å². The van der Waals surface area contributed by atoms with Crippen molar-refractivity contribution in [1.29, 1.82) is 0 Å². The van der Waals surface area contributed by atoms with E-state index in [4.69, 9.17) is 0 Å². The standard InChI is InChI=1S/C21H22F2N8/c1-11-7-30(8-12(2)26-11)15-5-16(22)19-18(6-15)24-10-25-20(19)28-14-4-17(23)21-27-13(3)29-31(21)9-14/h4-6,9-12,26H,7-8H2,1-3H3,(H,24,25,28). The molecule has 5 rings (SSSR count). The normalized spacial score (nSPS) is 19.3. The van der Waals surface area contributed by atoms with E-state index in [-0.39, 0.29) is 16.9 Å². The Balaban J connectivity index is 1.53. The van der Waals surface area contributed by atoms with E-state index < -0.39 is 11.6 Å². The third kappa shape index (κ3) is 3.63. The van der Waals surface area contributed by atoms with E-state index in [9.17, 15) is 4.39 Å². The second-order valence-corrected chi connectivity index (χ2v) is 8.05. The molecule has 4 heterocycles. The van der Waals surface area contributed by atoms with Gasteiger partial charge in [0, 0.05) is 36.9 Å². The van der Waals surface area contributed by atoms with Crippen molar-refractivity contribution < 1.29 is 8.78 Å². The van der Waals surface area contributed by atoms with Gasteiger partial charge in [0.1, 0.15) is 23.8 Å². The first-order valence-electron chi connectivity index (χ1n) is 10.1. The fourth-order valence-corrected chi connectivity index (χ4v) is 4.20.